The number of hydrogen-bond acceptors (Lipinski definition) is 8. The van der Waals surface area contributed by atoms with Crippen LogP contribution in [0.1, 0.15) is 20.3 Å². The van der Waals surface area contributed by atoms with Crippen LogP contribution >= 0.6 is 0 Å². The molecule has 1 atom stereocenters. The maximum absolute atomic E-state index is 11.3. The fourth-order valence-corrected chi connectivity index (χ4v) is 2.00. The number of rotatable bonds is 7. The molecule has 9 nitrogen and oxygen atoms in total. The van der Waals surface area contributed by atoms with Gasteiger partial charge in [-0.25, -0.2) is 0 Å². The Bertz CT molecular complexity index is 737. The molecule has 1 heterocycles. The predicted octanol–water partition coefficient (Wildman–Crippen LogP) is 2.93. The van der Waals surface area contributed by atoms with Crippen molar-refractivity contribution < 1.29 is 9.66 Å². The van der Waals surface area contributed by atoms with E-state index >= 15 is 0 Å². The molecule has 0 bridgehead atoms. The Morgan fingerprint density at radius 2 is 2.08 bits per heavy atom. The molecule has 128 valence electrons. The van der Waals surface area contributed by atoms with E-state index in [0.717, 1.165) is 6.42 Å². The highest BCUT2D eigenvalue weighted by Gasteiger charge is 2.24. The second-order valence-corrected chi connectivity index (χ2v) is 5.17. The van der Waals surface area contributed by atoms with Gasteiger partial charge in [0, 0.05) is 6.04 Å². The predicted molar refractivity (Wildman–Crippen MR) is 92.8 cm³/mol. The molecule has 9 heteroatoms. The van der Waals surface area contributed by atoms with E-state index in [4.69, 9.17) is 10.5 Å². The van der Waals surface area contributed by atoms with Crippen molar-refractivity contribution in [1.29, 1.82) is 0 Å². The van der Waals surface area contributed by atoms with E-state index in [9.17, 15) is 10.1 Å². The number of para-hydroxylation sites is 2. The Morgan fingerprint density at radius 3 is 2.71 bits per heavy atom. The number of hydrogen-bond donors (Lipinski definition) is 3. The second kappa shape index (κ2) is 7.44. The van der Waals surface area contributed by atoms with Crippen molar-refractivity contribution in [3.8, 4) is 5.75 Å². The first-order chi connectivity index (χ1) is 11.5. The van der Waals surface area contributed by atoms with Gasteiger partial charge in [0.25, 0.3) is 0 Å². The largest absolute Gasteiger partial charge is 0.495 e. The number of nitrogens with two attached hydrogens (primary N) is 1. The number of methoxy groups -OCH3 is 1. The average molecular weight is 332 g/mol. The van der Waals surface area contributed by atoms with Crippen molar-refractivity contribution in [3.63, 3.8) is 0 Å². The van der Waals surface area contributed by atoms with Gasteiger partial charge in [0.1, 0.15) is 5.75 Å². The molecule has 0 amide bonds. The van der Waals surface area contributed by atoms with Gasteiger partial charge >= 0.3 is 5.69 Å². The molecule has 0 fully saturated rings. The van der Waals surface area contributed by atoms with Crippen LogP contribution in [-0.4, -0.2) is 28.0 Å². The van der Waals surface area contributed by atoms with Crippen LogP contribution in [0.15, 0.2) is 24.3 Å². The molecule has 1 aromatic carbocycles. The fourth-order valence-electron chi connectivity index (χ4n) is 2.00. The molecular weight excluding hydrogens is 312 g/mol. The van der Waals surface area contributed by atoms with Crippen LogP contribution in [0.4, 0.5) is 29.0 Å². The van der Waals surface area contributed by atoms with Crippen molar-refractivity contribution in [1.82, 2.24) is 9.97 Å². The summed E-state index contributed by atoms with van der Waals surface area (Å²) < 4.78 is 5.24. The van der Waals surface area contributed by atoms with Crippen molar-refractivity contribution >= 4 is 29.0 Å². The summed E-state index contributed by atoms with van der Waals surface area (Å²) in [6.45, 7) is 3.95. The molecule has 0 radical (unpaired) electrons. The summed E-state index contributed by atoms with van der Waals surface area (Å²) in [5, 5.41) is 17.3. The Kier molecular flexibility index (Phi) is 5.35. The van der Waals surface area contributed by atoms with Crippen molar-refractivity contribution in [2.45, 2.75) is 26.3 Å². The van der Waals surface area contributed by atoms with Crippen molar-refractivity contribution in [2.24, 2.45) is 0 Å². The summed E-state index contributed by atoms with van der Waals surface area (Å²) in [6, 6.07) is 7.13. The monoisotopic (exact) mass is 332 g/mol. The minimum atomic E-state index is -0.611. The van der Waals surface area contributed by atoms with Crippen LogP contribution in [0, 0.1) is 10.1 Å². The fraction of sp³-hybridized carbons (Fsp3) is 0.333. The van der Waals surface area contributed by atoms with E-state index in [0.29, 0.717) is 11.4 Å². The molecule has 2 rings (SSSR count). The molecule has 0 saturated heterocycles. The number of nitrogen functional groups attached to an aromatic ring is 1. The van der Waals surface area contributed by atoms with Gasteiger partial charge in [0.15, 0.2) is 0 Å². The van der Waals surface area contributed by atoms with E-state index in [1.165, 1.54) is 7.11 Å². The summed E-state index contributed by atoms with van der Waals surface area (Å²) in [5.41, 5.74) is 5.92. The molecule has 0 spiro atoms. The molecule has 0 aliphatic rings. The van der Waals surface area contributed by atoms with Crippen LogP contribution < -0.4 is 21.1 Å². The zero-order chi connectivity index (χ0) is 17.7. The van der Waals surface area contributed by atoms with E-state index in [1.807, 2.05) is 13.8 Å². The smallest absolute Gasteiger partial charge is 0.353 e. The van der Waals surface area contributed by atoms with E-state index in [2.05, 4.69) is 20.6 Å². The third-order valence-electron chi connectivity index (χ3n) is 3.44. The molecular formula is C15H20N6O3. The zero-order valence-corrected chi connectivity index (χ0v) is 13.7. The second-order valence-electron chi connectivity index (χ2n) is 5.17. The molecule has 4 N–H and O–H groups in total. The van der Waals surface area contributed by atoms with E-state index in [1.54, 1.807) is 24.3 Å². The SMILES string of the molecule is CC[C@H](C)Nc1nc(N)c([N+](=O)[O-])c(Nc2ccccc2OC)n1. The third-order valence-corrected chi connectivity index (χ3v) is 3.44. The highest BCUT2D eigenvalue weighted by molar-refractivity contribution is 5.76. The van der Waals surface area contributed by atoms with Crippen LogP contribution in [0.2, 0.25) is 0 Å². The number of ether oxygens (including phenoxy) is 1. The first-order valence-electron chi connectivity index (χ1n) is 7.44. The normalized spacial score (nSPS) is 11.6. The van der Waals surface area contributed by atoms with Gasteiger partial charge in [-0.3, -0.25) is 10.1 Å². The maximum Gasteiger partial charge on any atom is 0.353 e. The lowest BCUT2D eigenvalue weighted by molar-refractivity contribution is -0.383. The standard InChI is InChI=1S/C15H20N6O3/c1-4-9(2)17-15-19-13(16)12(21(22)23)14(20-15)18-10-7-5-6-8-11(10)24-3/h5-9H,4H2,1-3H3,(H4,16,17,18,19,20)/t9-/m0/s1. The molecule has 1 aromatic heterocycles. The van der Waals surface area contributed by atoms with Crippen LogP contribution in [0.25, 0.3) is 0 Å². The topological polar surface area (TPSA) is 128 Å². The Morgan fingerprint density at radius 1 is 1.38 bits per heavy atom. The number of nitrogens with one attached hydrogen (secondary N) is 2. The van der Waals surface area contributed by atoms with Gasteiger partial charge in [-0.1, -0.05) is 19.1 Å². The summed E-state index contributed by atoms with van der Waals surface area (Å²) in [5.74, 6) is 0.547. The van der Waals surface area contributed by atoms with Crippen LogP contribution in [-0.2, 0) is 0 Å². The highest BCUT2D eigenvalue weighted by atomic mass is 16.6. The van der Waals surface area contributed by atoms with Crippen LogP contribution in [0.5, 0.6) is 5.75 Å². The van der Waals surface area contributed by atoms with E-state index in [-0.39, 0.29) is 29.3 Å². The Balaban J connectivity index is 2.47. The first-order valence-corrected chi connectivity index (χ1v) is 7.44. The lowest BCUT2D eigenvalue weighted by atomic mass is 10.2. The number of aromatic nitrogens is 2. The van der Waals surface area contributed by atoms with Crippen molar-refractivity contribution in [3.05, 3.63) is 34.4 Å². The first kappa shape index (κ1) is 17.3. The quantitative estimate of drug-likeness (QED) is 0.521. The summed E-state index contributed by atoms with van der Waals surface area (Å²) in [7, 11) is 1.51. The average Bonchev–Trinajstić information content (AvgIpc) is 2.54. The Hall–Kier alpha value is -3.10. The zero-order valence-electron chi connectivity index (χ0n) is 13.7. The van der Waals surface area contributed by atoms with Gasteiger partial charge < -0.3 is 21.1 Å². The molecule has 2 aromatic rings. The maximum atomic E-state index is 11.3. The number of benzene rings is 1. The number of anilines is 4. The van der Waals surface area contributed by atoms with Crippen molar-refractivity contribution in [2.75, 3.05) is 23.5 Å². The van der Waals surface area contributed by atoms with Gasteiger partial charge in [-0.05, 0) is 25.5 Å². The van der Waals surface area contributed by atoms with E-state index < -0.39 is 4.92 Å². The molecule has 0 aliphatic carbocycles. The molecule has 24 heavy (non-hydrogen) atoms. The van der Waals surface area contributed by atoms with Gasteiger partial charge in [-0.2, -0.15) is 9.97 Å². The van der Waals surface area contributed by atoms with Crippen LogP contribution in [0.3, 0.4) is 0 Å². The summed E-state index contributed by atoms with van der Waals surface area (Å²) in [6.07, 6.45) is 0.843. The molecule has 0 aliphatic heterocycles. The molecule has 0 unspecified atom stereocenters. The van der Waals surface area contributed by atoms with Gasteiger partial charge in [0.05, 0.1) is 17.7 Å². The van der Waals surface area contributed by atoms with Gasteiger partial charge in [-0.15, -0.1) is 0 Å². The third kappa shape index (κ3) is 3.80. The molecule has 0 saturated carbocycles. The minimum Gasteiger partial charge on any atom is -0.495 e. The Labute approximate surface area is 139 Å². The lowest BCUT2D eigenvalue weighted by Crippen LogP contribution is -2.17. The van der Waals surface area contributed by atoms with Gasteiger partial charge in [0.2, 0.25) is 17.6 Å². The minimum absolute atomic E-state index is 0.00260. The number of nitrogens with zero attached hydrogens (tertiary/aromatic N) is 3. The summed E-state index contributed by atoms with van der Waals surface area (Å²) >= 11 is 0. The summed E-state index contributed by atoms with van der Waals surface area (Å²) in [4.78, 5) is 18.9. The highest BCUT2D eigenvalue weighted by Crippen LogP contribution is 2.34. The lowest BCUT2D eigenvalue weighted by Gasteiger charge is -2.14. The number of nitro groups is 1.